The van der Waals surface area contributed by atoms with Gasteiger partial charge in [0.25, 0.3) is 5.91 Å². The topological polar surface area (TPSA) is 130 Å². The van der Waals surface area contributed by atoms with Crippen molar-refractivity contribution >= 4 is 46.6 Å². The van der Waals surface area contributed by atoms with Crippen LogP contribution < -0.4 is 15.4 Å². The first-order valence-electron chi connectivity index (χ1n) is 16.6. The number of benzene rings is 3. The number of anilines is 3. The fourth-order valence-electron chi connectivity index (χ4n) is 6.80. The molecule has 16 heteroatoms. The van der Waals surface area contributed by atoms with Crippen LogP contribution in [0.1, 0.15) is 34.6 Å². The summed E-state index contributed by atoms with van der Waals surface area (Å²) in [6, 6.07) is 18.7. The number of carbonyl (C=O) groups is 3. The first-order chi connectivity index (χ1) is 24.8. The van der Waals surface area contributed by atoms with Crippen molar-refractivity contribution in [2.24, 2.45) is 11.8 Å². The Morgan fingerprint density at radius 1 is 0.865 bits per heavy atom. The van der Waals surface area contributed by atoms with E-state index in [0.717, 1.165) is 24.5 Å². The molecule has 3 aliphatic rings. The fraction of sp³-hybridized carbons (Fsp3) is 0.333. The van der Waals surface area contributed by atoms with Crippen molar-refractivity contribution in [2.75, 3.05) is 43.4 Å². The first kappa shape index (κ1) is 35.1. The number of likely N-dealkylation sites (tertiary alicyclic amines) is 2. The molecule has 52 heavy (non-hydrogen) atoms. The molecule has 2 N–H and O–H groups in total. The molecule has 2 aliphatic heterocycles. The summed E-state index contributed by atoms with van der Waals surface area (Å²) in [5.41, 5.74) is 1.84. The van der Waals surface area contributed by atoms with Crippen LogP contribution in [0.5, 0.6) is 6.01 Å². The van der Waals surface area contributed by atoms with Crippen molar-refractivity contribution in [3.8, 4) is 6.01 Å². The molecule has 2 saturated heterocycles. The molecule has 1 saturated carbocycles. The Balaban J connectivity index is 0.973. The number of alkyl halides is 3. The zero-order valence-corrected chi connectivity index (χ0v) is 28.3. The van der Waals surface area contributed by atoms with Crippen LogP contribution in [0.3, 0.4) is 0 Å². The molecule has 0 radical (unpaired) electrons. The maximum absolute atomic E-state index is 13.5. The van der Waals surface area contributed by atoms with Gasteiger partial charge in [-0.15, -0.1) is 0 Å². The van der Waals surface area contributed by atoms with Crippen LogP contribution in [-0.2, 0) is 21.4 Å². The summed E-state index contributed by atoms with van der Waals surface area (Å²) in [5, 5.41) is 6.01. The molecule has 2 unspecified atom stereocenters. The quantitative estimate of drug-likeness (QED) is 0.163. The Morgan fingerprint density at radius 2 is 1.54 bits per heavy atom. The average Bonchev–Trinajstić information content (AvgIpc) is 3.60. The second-order valence-electron chi connectivity index (χ2n) is 13.3. The molecule has 3 fully saturated rings. The van der Waals surface area contributed by atoms with Gasteiger partial charge in [-0.3, -0.25) is 14.4 Å². The number of halogens is 5. The third-order valence-electron chi connectivity index (χ3n) is 9.56. The lowest BCUT2D eigenvalue weighted by Gasteiger charge is -2.21. The molecule has 3 amide bonds. The zero-order valence-electron chi connectivity index (χ0n) is 27.5. The number of amides is 3. The van der Waals surface area contributed by atoms with E-state index in [4.69, 9.17) is 16.3 Å². The lowest BCUT2D eigenvalue weighted by atomic mass is 9.92. The summed E-state index contributed by atoms with van der Waals surface area (Å²) in [4.78, 5) is 54.6. The Kier molecular flexibility index (Phi) is 9.46. The predicted molar refractivity (Wildman–Crippen MR) is 182 cm³/mol. The molecule has 0 bridgehead atoms. The maximum atomic E-state index is 13.5. The average molecular weight is 738 g/mol. The number of hydrogen-bond donors (Lipinski definition) is 2. The second kappa shape index (κ2) is 14.0. The first-order valence-corrected chi connectivity index (χ1v) is 16.9. The molecule has 3 aromatic carbocycles. The number of ether oxygens (including phenoxy) is 1. The van der Waals surface area contributed by atoms with E-state index in [0.29, 0.717) is 48.9 Å². The van der Waals surface area contributed by atoms with Crippen LogP contribution in [-0.4, -0.2) is 81.4 Å². The van der Waals surface area contributed by atoms with Crippen LogP contribution in [0.15, 0.2) is 72.8 Å². The molecule has 7 rings (SSSR count). The molecule has 3 heterocycles. The summed E-state index contributed by atoms with van der Waals surface area (Å²) in [6.07, 6.45) is -2.54. The molecule has 4 aromatic rings. The standard InChI is InChI=1S/C36H32ClF4N7O4/c37-25-8-6-24(7-9-25)35(12-13-35)15-29-44-33(46-34(45-29)52-20-36(39,40)41)43-27-10-4-21(5-11-27)31(50)47-16-22-18-48(19-23(22)17-47)32(51)30(49)42-28-3-1-2-26(38)14-28/h1-11,14,22-23H,12-13,15-20H2,(H,42,49)(H,43,44,45,46). The Morgan fingerprint density at radius 3 is 2.17 bits per heavy atom. The Hall–Kier alpha value is -5.31. The lowest BCUT2D eigenvalue weighted by molar-refractivity contribution is -0.154. The third kappa shape index (κ3) is 8.09. The molecule has 1 aromatic heterocycles. The van der Waals surface area contributed by atoms with Crippen molar-refractivity contribution in [1.29, 1.82) is 0 Å². The molecule has 270 valence electrons. The van der Waals surface area contributed by atoms with Gasteiger partial charge in [0, 0.05) is 71.8 Å². The SMILES string of the molecule is O=C(Nc1cccc(F)c1)C(=O)N1CC2CN(C(=O)c3ccc(Nc4nc(CC5(c6ccc(Cl)cc6)CC5)nc(OCC(F)(F)F)n4)cc3)CC2C1. The van der Waals surface area contributed by atoms with Crippen molar-refractivity contribution in [3.63, 3.8) is 0 Å². The Labute approximate surface area is 300 Å². The fourth-order valence-corrected chi connectivity index (χ4v) is 6.92. The highest BCUT2D eigenvalue weighted by atomic mass is 35.5. The minimum Gasteiger partial charge on any atom is -0.454 e. The number of aromatic nitrogens is 3. The van der Waals surface area contributed by atoms with Gasteiger partial charge in [0.05, 0.1) is 0 Å². The zero-order chi connectivity index (χ0) is 36.6. The van der Waals surface area contributed by atoms with E-state index in [1.165, 1.54) is 23.1 Å². The minimum atomic E-state index is -4.59. The van der Waals surface area contributed by atoms with E-state index in [1.807, 2.05) is 12.1 Å². The largest absolute Gasteiger partial charge is 0.454 e. The van der Waals surface area contributed by atoms with Gasteiger partial charge in [-0.05, 0) is 73.0 Å². The normalized spacial score (nSPS) is 18.9. The molecule has 0 spiro atoms. The molecular weight excluding hydrogens is 706 g/mol. The second-order valence-corrected chi connectivity index (χ2v) is 13.8. The monoisotopic (exact) mass is 737 g/mol. The van der Waals surface area contributed by atoms with Crippen molar-refractivity contribution in [3.05, 3.63) is 101 Å². The highest BCUT2D eigenvalue weighted by Crippen LogP contribution is 2.50. The summed E-state index contributed by atoms with van der Waals surface area (Å²) >= 11 is 6.06. The summed E-state index contributed by atoms with van der Waals surface area (Å²) in [7, 11) is 0. The van der Waals surface area contributed by atoms with Crippen LogP contribution in [0.4, 0.5) is 34.9 Å². The number of rotatable bonds is 9. The van der Waals surface area contributed by atoms with E-state index < -0.39 is 36.4 Å². The van der Waals surface area contributed by atoms with Crippen molar-refractivity contribution in [2.45, 2.75) is 30.9 Å². The van der Waals surface area contributed by atoms with Gasteiger partial charge < -0.3 is 25.2 Å². The summed E-state index contributed by atoms with van der Waals surface area (Å²) in [6.45, 7) is -0.116. The number of carbonyl (C=O) groups excluding carboxylic acids is 3. The molecule has 1 aliphatic carbocycles. The van der Waals surface area contributed by atoms with Gasteiger partial charge in [0.2, 0.25) is 5.95 Å². The molecular formula is C36H32ClF4N7O4. The lowest BCUT2D eigenvalue weighted by Crippen LogP contribution is -2.40. The predicted octanol–water partition coefficient (Wildman–Crippen LogP) is 5.79. The van der Waals surface area contributed by atoms with E-state index >= 15 is 0 Å². The minimum absolute atomic E-state index is 0.00271. The van der Waals surface area contributed by atoms with E-state index in [-0.39, 0.29) is 40.6 Å². The van der Waals surface area contributed by atoms with E-state index in [9.17, 15) is 31.9 Å². The van der Waals surface area contributed by atoms with Gasteiger partial charge in [-0.25, -0.2) is 4.39 Å². The highest BCUT2D eigenvalue weighted by Gasteiger charge is 2.46. The summed E-state index contributed by atoms with van der Waals surface area (Å²) < 4.78 is 57.3. The van der Waals surface area contributed by atoms with E-state index in [1.54, 1.807) is 41.3 Å². The van der Waals surface area contributed by atoms with Gasteiger partial charge in [-0.2, -0.15) is 28.1 Å². The van der Waals surface area contributed by atoms with Gasteiger partial charge in [0.1, 0.15) is 11.6 Å². The van der Waals surface area contributed by atoms with Crippen LogP contribution in [0.25, 0.3) is 0 Å². The smallest absolute Gasteiger partial charge is 0.422 e. The molecule has 2 atom stereocenters. The van der Waals surface area contributed by atoms with Gasteiger partial charge >= 0.3 is 24.0 Å². The number of hydrogen-bond acceptors (Lipinski definition) is 8. The number of nitrogens with one attached hydrogen (secondary N) is 2. The Bertz CT molecular complexity index is 1980. The maximum Gasteiger partial charge on any atom is 0.422 e. The van der Waals surface area contributed by atoms with Crippen LogP contribution >= 0.6 is 11.6 Å². The molecule has 11 nitrogen and oxygen atoms in total. The third-order valence-corrected chi connectivity index (χ3v) is 9.81. The van der Waals surface area contributed by atoms with Crippen molar-refractivity contribution in [1.82, 2.24) is 24.8 Å². The van der Waals surface area contributed by atoms with Gasteiger partial charge in [-0.1, -0.05) is 29.8 Å². The highest BCUT2D eigenvalue weighted by molar-refractivity contribution is 6.39. The number of nitrogens with zero attached hydrogens (tertiary/aromatic N) is 5. The number of fused-ring (bicyclic) bond motifs is 1. The van der Waals surface area contributed by atoms with Crippen LogP contribution in [0.2, 0.25) is 5.02 Å². The summed E-state index contributed by atoms with van der Waals surface area (Å²) in [5.74, 6) is -2.05. The van der Waals surface area contributed by atoms with Gasteiger partial charge in [0.15, 0.2) is 6.61 Å². The van der Waals surface area contributed by atoms with Crippen LogP contribution in [0, 0.1) is 17.7 Å². The van der Waals surface area contributed by atoms with Crippen molar-refractivity contribution < 1.29 is 36.7 Å². The van der Waals surface area contributed by atoms with E-state index in [2.05, 4.69) is 25.6 Å².